The van der Waals surface area contributed by atoms with Gasteiger partial charge in [0.05, 0.1) is 10.0 Å². The van der Waals surface area contributed by atoms with E-state index in [9.17, 15) is 9.59 Å². The molecule has 0 radical (unpaired) electrons. The lowest BCUT2D eigenvalue weighted by molar-refractivity contribution is -0.128. The fourth-order valence-electron chi connectivity index (χ4n) is 3.11. The first kappa shape index (κ1) is 20.0. The molecule has 2 rings (SSSR count). The van der Waals surface area contributed by atoms with Crippen molar-refractivity contribution in [2.24, 2.45) is 0 Å². The van der Waals surface area contributed by atoms with Crippen molar-refractivity contribution < 1.29 is 9.59 Å². The third kappa shape index (κ3) is 5.30. The quantitative estimate of drug-likeness (QED) is 0.549. The molecule has 0 spiro atoms. The van der Waals surface area contributed by atoms with Crippen LogP contribution in [0.3, 0.4) is 0 Å². The number of carbonyl (C=O) groups excluding carboxylic acids is 2. The number of benzene rings is 1. The molecule has 1 aromatic carbocycles. The number of halogens is 2. The van der Waals surface area contributed by atoms with E-state index in [1.165, 1.54) is 18.2 Å². The van der Waals surface area contributed by atoms with Gasteiger partial charge < -0.3 is 4.90 Å². The number of ketones is 1. The lowest BCUT2D eigenvalue weighted by Gasteiger charge is -2.38. The van der Waals surface area contributed by atoms with Crippen molar-refractivity contribution in [3.05, 3.63) is 46.0 Å². The molecular formula is C19H24Cl2N2O2. The molecule has 1 aliphatic rings. The van der Waals surface area contributed by atoms with Gasteiger partial charge in [0.25, 0.3) is 0 Å². The predicted molar refractivity (Wildman–Crippen MR) is 102 cm³/mol. The number of carbonyl (C=O) groups is 2. The van der Waals surface area contributed by atoms with Crippen molar-refractivity contribution in [3.63, 3.8) is 0 Å². The maximum atomic E-state index is 12.3. The van der Waals surface area contributed by atoms with Gasteiger partial charge in [0.1, 0.15) is 0 Å². The van der Waals surface area contributed by atoms with Gasteiger partial charge in [-0.05, 0) is 37.1 Å². The Hall–Kier alpha value is -1.36. The molecule has 1 heterocycles. The number of hydrogen-bond acceptors (Lipinski definition) is 3. The lowest BCUT2D eigenvalue weighted by atomic mass is 10.1. The van der Waals surface area contributed by atoms with Crippen molar-refractivity contribution >= 4 is 34.9 Å². The molecule has 1 saturated heterocycles. The zero-order valence-corrected chi connectivity index (χ0v) is 16.2. The highest BCUT2D eigenvalue weighted by Crippen LogP contribution is 2.23. The molecular weight excluding hydrogens is 359 g/mol. The monoisotopic (exact) mass is 382 g/mol. The van der Waals surface area contributed by atoms with E-state index < -0.39 is 0 Å². The first-order valence-electron chi connectivity index (χ1n) is 8.66. The molecule has 0 saturated carbocycles. The van der Waals surface area contributed by atoms with Crippen molar-refractivity contribution in [2.45, 2.75) is 32.7 Å². The lowest BCUT2D eigenvalue weighted by Crippen LogP contribution is -2.51. The molecule has 0 bridgehead atoms. The van der Waals surface area contributed by atoms with Crippen molar-refractivity contribution in [2.75, 3.05) is 26.2 Å². The summed E-state index contributed by atoms with van der Waals surface area (Å²) in [5.74, 6) is -0.389. The molecule has 0 aliphatic carbocycles. The number of nitrogens with zero attached hydrogens (tertiary/aromatic N) is 2. The van der Waals surface area contributed by atoms with Crippen LogP contribution in [0.4, 0.5) is 0 Å². The van der Waals surface area contributed by atoms with E-state index >= 15 is 0 Å². The number of allylic oxidation sites excluding steroid dienone is 1. The van der Waals surface area contributed by atoms with Gasteiger partial charge in [-0.3, -0.25) is 14.5 Å². The van der Waals surface area contributed by atoms with Crippen LogP contribution in [0.5, 0.6) is 0 Å². The van der Waals surface area contributed by atoms with E-state index in [1.54, 1.807) is 17.0 Å². The van der Waals surface area contributed by atoms with Crippen molar-refractivity contribution in [3.8, 4) is 0 Å². The summed E-state index contributed by atoms with van der Waals surface area (Å²) in [5.41, 5.74) is 0.414. The Balaban J connectivity index is 1.90. The minimum Gasteiger partial charge on any atom is -0.337 e. The van der Waals surface area contributed by atoms with Crippen LogP contribution in [0.25, 0.3) is 0 Å². The van der Waals surface area contributed by atoms with E-state index in [0.29, 0.717) is 34.7 Å². The molecule has 4 nitrogen and oxygen atoms in total. The molecule has 0 atom stereocenters. The van der Waals surface area contributed by atoms with E-state index in [1.807, 2.05) is 0 Å². The fourth-order valence-corrected chi connectivity index (χ4v) is 3.41. The zero-order valence-electron chi connectivity index (χ0n) is 14.7. The van der Waals surface area contributed by atoms with Crippen molar-refractivity contribution in [1.29, 1.82) is 0 Å². The first-order chi connectivity index (χ1) is 12.0. The average Bonchev–Trinajstić information content (AvgIpc) is 2.63. The Bertz CT molecular complexity index is 649. The summed E-state index contributed by atoms with van der Waals surface area (Å²) >= 11 is 11.8. The van der Waals surface area contributed by atoms with Crippen LogP contribution in [-0.4, -0.2) is 53.7 Å². The second-order valence-electron chi connectivity index (χ2n) is 6.16. The summed E-state index contributed by atoms with van der Waals surface area (Å²) in [6, 6.07) is 5.27. The summed E-state index contributed by atoms with van der Waals surface area (Å²) in [6.45, 7) is 7.55. The van der Waals surface area contributed by atoms with Crippen LogP contribution in [-0.2, 0) is 4.79 Å². The van der Waals surface area contributed by atoms with Crippen LogP contribution >= 0.6 is 23.2 Å². The summed E-state index contributed by atoms with van der Waals surface area (Å²) in [6.07, 6.45) is 4.90. The molecule has 0 aromatic heterocycles. The molecule has 1 aromatic rings. The van der Waals surface area contributed by atoms with Crippen molar-refractivity contribution in [1.82, 2.24) is 9.80 Å². The maximum absolute atomic E-state index is 12.3. The molecule has 25 heavy (non-hydrogen) atoms. The highest BCUT2D eigenvalue weighted by Gasteiger charge is 2.23. The molecule has 1 aliphatic heterocycles. The van der Waals surface area contributed by atoms with Gasteiger partial charge in [-0.25, -0.2) is 0 Å². The third-order valence-electron chi connectivity index (χ3n) is 4.67. The summed E-state index contributed by atoms with van der Waals surface area (Å²) in [7, 11) is 0. The Labute approximate surface area is 159 Å². The second-order valence-corrected chi connectivity index (χ2v) is 6.97. The van der Waals surface area contributed by atoms with Crippen LogP contribution < -0.4 is 0 Å². The molecule has 0 unspecified atom stereocenters. The second kappa shape index (κ2) is 9.37. The molecule has 6 heteroatoms. The normalized spacial score (nSPS) is 16.0. The van der Waals surface area contributed by atoms with Crippen LogP contribution in [0.1, 0.15) is 37.0 Å². The predicted octanol–water partition coefficient (Wildman–Crippen LogP) is 4.07. The smallest absolute Gasteiger partial charge is 0.246 e. The van der Waals surface area contributed by atoms with Gasteiger partial charge in [-0.2, -0.15) is 0 Å². The Kier molecular flexibility index (Phi) is 7.48. The van der Waals surface area contributed by atoms with E-state index in [2.05, 4.69) is 18.7 Å². The molecule has 1 amide bonds. The van der Waals surface area contributed by atoms with E-state index in [4.69, 9.17) is 23.2 Å². The Morgan fingerprint density at radius 3 is 2.24 bits per heavy atom. The van der Waals surface area contributed by atoms with E-state index in [-0.39, 0.29) is 11.7 Å². The van der Waals surface area contributed by atoms with Gasteiger partial charge in [-0.15, -0.1) is 0 Å². The molecule has 0 N–H and O–H groups in total. The highest BCUT2D eigenvalue weighted by atomic mass is 35.5. The fraction of sp³-hybridized carbons (Fsp3) is 0.474. The Morgan fingerprint density at radius 2 is 1.68 bits per heavy atom. The summed E-state index contributed by atoms with van der Waals surface area (Å²) < 4.78 is 0. The standard InChI is InChI=1S/C19H24Cl2N2O2/c1-3-15(4-2)22-9-11-23(12-10-22)19(25)8-7-18(24)14-5-6-16(20)17(21)13-14/h5-8,13,15H,3-4,9-12H2,1-2H3. The van der Waals surface area contributed by atoms with Gasteiger partial charge in [0.2, 0.25) is 5.91 Å². The zero-order chi connectivity index (χ0) is 18.4. The SMILES string of the molecule is CCC(CC)N1CCN(C(=O)C=CC(=O)c2ccc(Cl)c(Cl)c2)CC1. The first-order valence-corrected chi connectivity index (χ1v) is 9.42. The highest BCUT2D eigenvalue weighted by molar-refractivity contribution is 6.42. The van der Waals surface area contributed by atoms with Gasteiger partial charge in [0, 0.05) is 43.9 Å². The molecule has 136 valence electrons. The average molecular weight is 383 g/mol. The molecule has 1 fully saturated rings. The number of piperazine rings is 1. The largest absolute Gasteiger partial charge is 0.337 e. The number of hydrogen-bond donors (Lipinski definition) is 0. The summed E-state index contributed by atoms with van der Waals surface area (Å²) in [5, 5.41) is 0.721. The third-order valence-corrected chi connectivity index (χ3v) is 5.41. The van der Waals surface area contributed by atoms with Gasteiger partial charge in [-0.1, -0.05) is 37.0 Å². The Morgan fingerprint density at radius 1 is 1.04 bits per heavy atom. The summed E-state index contributed by atoms with van der Waals surface area (Å²) in [4.78, 5) is 28.7. The minimum absolute atomic E-state index is 0.127. The number of rotatable bonds is 6. The topological polar surface area (TPSA) is 40.6 Å². The van der Waals surface area contributed by atoms with Gasteiger partial charge >= 0.3 is 0 Å². The van der Waals surface area contributed by atoms with Crippen LogP contribution in [0.2, 0.25) is 10.0 Å². The number of amides is 1. The van der Waals surface area contributed by atoms with Crippen LogP contribution in [0.15, 0.2) is 30.4 Å². The van der Waals surface area contributed by atoms with Gasteiger partial charge in [0.15, 0.2) is 5.78 Å². The maximum Gasteiger partial charge on any atom is 0.246 e. The van der Waals surface area contributed by atoms with E-state index in [0.717, 1.165) is 25.9 Å². The van der Waals surface area contributed by atoms with Crippen LogP contribution in [0, 0.1) is 0 Å². The minimum atomic E-state index is -0.261.